The lowest BCUT2D eigenvalue weighted by Gasteiger charge is -2.05. The van der Waals surface area contributed by atoms with Crippen molar-refractivity contribution in [3.63, 3.8) is 0 Å². The van der Waals surface area contributed by atoms with Crippen LogP contribution < -0.4 is 5.32 Å². The Morgan fingerprint density at radius 2 is 1.82 bits per heavy atom. The van der Waals surface area contributed by atoms with E-state index in [1.54, 1.807) is 0 Å². The molecule has 1 N–H and O–H groups in total. The van der Waals surface area contributed by atoms with Crippen LogP contribution >= 0.6 is 0 Å². The monoisotopic (exact) mass is 243 g/mol. The number of halogens is 1. The Labute approximate surface area is 95.5 Å². The summed E-state index contributed by atoms with van der Waals surface area (Å²) in [4.78, 5) is 19.4. The van der Waals surface area contributed by atoms with Crippen molar-refractivity contribution in [2.24, 2.45) is 0 Å². The highest BCUT2D eigenvalue weighted by Crippen LogP contribution is 2.31. The van der Waals surface area contributed by atoms with E-state index >= 15 is 0 Å². The highest BCUT2D eigenvalue weighted by Gasteiger charge is 2.23. The predicted octanol–water partition coefficient (Wildman–Crippen LogP) is 2.46. The van der Waals surface area contributed by atoms with Crippen LogP contribution in [0.15, 0.2) is 12.1 Å². The molecule has 92 valence electrons. The van der Waals surface area contributed by atoms with E-state index in [2.05, 4.69) is 5.32 Å². The molecule has 0 radical (unpaired) electrons. The summed E-state index contributed by atoms with van der Waals surface area (Å²) >= 11 is 0. The van der Waals surface area contributed by atoms with Gasteiger partial charge in [-0.1, -0.05) is 6.92 Å². The minimum absolute atomic E-state index is 0.0510. The highest BCUT2D eigenvalue weighted by molar-refractivity contribution is 5.66. The first-order chi connectivity index (χ1) is 7.97. The first-order valence-corrected chi connectivity index (χ1v) is 4.83. The molecule has 1 aromatic rings. The summed E-state index contributed by atoms with van der Waals surface area (Å²) in [5.74, 6) is -1.22. The Morgan fingerprint density at radius 1 is 1.24 bits per heavy atom. The third-order valence-corrected chi connectivity index (χ3v) is 2.02. The van der Waals surface area contributed by atoms with Gasteiger partial charge < -0.3 is 5.32 Å². The number of nitro groups is 2. The topological polar surface area (TPSA) is 98.3 Å². The van der Waals surface area contributed by atoms with Gasteiger partial charge in [-0.3, -0.25) is 20.2 Å². The normalized spacial score (nSPS) is 10.0. The van der Waals surface area contributed by atoms with Crippen LogP contribution in [0.5, 0.6) is 0 Å². The SMILES string of the molecule is CCCNc1cc([N+](=O)[O-])c(F)cc1[N+](=O)[O-]. The number of nitrogens with one attached hydrogen (secondary N) is 1. The molecule has 7 nitrogen and oxygen atoms in total. The van der Waals surface area contributed by atoms with Crippen molar-refractivity contribution >= 4 is 17.1 Å². The van der Waals surface area contributed by atoms with E-state index in [0.717, 1.165) is 6.07 Å². The van der Waals surface area contributed by atoms with Crippen molar-refractivity contribution < 1.29 is 14.2 Å². The molecule has 1 aromatic carbocycles. The van der Waals surface area contributed by atoms with Crippen molar-refractivity contribution in [2.75, 3.05) is 11.9 Å². The quantitative estimate of drug-likeness (QED) is 0.632. The number of nitro benzene ring substituents is 2. The van der Waals surface area contributed by atoms with Crippen LogP contribution in [-0.2, 0) is 0 Å². The fraction of sp³-hybridized carbons (Fsp3) is 0.333. The van der Waals surface area contributed by atoms with Crippen LogP contribution in [0, 0.1) is 26.0 Å². The van der Waals surface area contributed by atoms with Crippen LogP contribution in [0.4, 0.5) is 21.5 Å². The van der Waals surface area contributed by atoms with Gasteiger partial charge in [0.25, 0.3) is 5.69 Å². The second-order valence-electron chi connectivity index (χ2n) is 3.26. The lowest BCUT2D eigenvalue weighted by atomic mass is 10.2. The Bertz CT molecular complexity index is 464. The molecular formula is C9H10FN3O4. The van der Waals surface area contributed by atoms with Gasteiger partial charge >= 0.3 is 5.69 Å². The first kappa shape index (κ1) is 12.8. The second kappa shape index (κ2) is 5.19. The molecule has 0 aliphatic heterocycles. The molecule has 8 heteroatoms. The van der Waals surface area contributed by atoms with E-state index in [9.17, 15) is 24.6 Å². The summed E-state index contributed by atoms with van der Waals surface area (Å²) in [6, 6.07) is 1.39. The second-order valence-corrected chi connectivity index (χ2v) is 3.26. The summed E-state index contributed by atoms with van der Waals surface area (Å²) in [6.07, 6.45) is 0.683. The molecule has 0 fully saturated rings. The number of rotatable bonds is 5. The summed E-state index contributed by atoms with van der Waals surface area (Å²) in [5, 5.41) is 23.8. The number of benzene rings is 1. The number of nitrogens with zero attached hydrogens (tertiary/aromatic N) is 2. The largest absolute Gasteiger partial charge is 0.379 e. The average Bonchev–Trinajstić information content (AvgIpc) is 2.26. The molecule has 17 heavy (non-hydrogen) atoms. The zero-order valence-corrected chi connectivity index (χ0v) is 8.97. The summed E-state index contributed by atoms with van der Waals surface area (Å²) in [5.41, 5.74) is -1.35. The van der Waals surface area contributed by atoms with E-state index in [1.807, 2.05) is 6.92 Å². The molecule has 0 unspecified atom stereocenters. The molecule has 0 aromatic heterocycles. The minimum Gasteiger partial charge on any atom is -0.379 e. The lowest BCUT2D eigenvalue weighted by Crippen LogP contribution is -2.05. The number of anilines is 1. The van der Waals surface area contributed by atoms with Crippen molar-refractivity contribution in [2.45, 2.75) is 13.3 Å². The molecule has 0 spiro atoms. The van der Waals surface area contributed by atoms with Gasteiger partial charge in [-0.05, 0) is 6.42 Å². The number of hydrogen-bond donors (Lipinski definition) is 1. The van der Waals surface area contributed by atoms with Crippen LogP contribution in [0.25, 0.3) is 0 Å². The molecule has 1 rings (SSSR count). The maximum atomic E-state index is 13.2. The maximum absolute atomic E-state index is 13.2. The van der Waals surface area contributed by atoms with E-state index in [1.165, 1.54) is 0 Å². The predicted molar refractivity (Wildman–Crippen MR) is 58.5 cm³/mol. The molecule has 0 aliphatic carbocycles. The van der Waals surface area contributed by atoms with Crippen LogP contribution in [0.1, 0.15) is 13.3 Å². The van der Waals surface area contributed by atoms with Crippen molar-refractivity contribution in [3.8, 4) is 0 Å². The van der Waals surface area contributed by atoms with E-state index < -0.39 is 27.0 Å². The van der Waals surface area contributed by atoms with E-state index in [0.29, 0.717) is 19.0 Å². The maximum Gasteiger partial charge on any atom is 0.307 e. The smallest absolute Gasteiger partial charge is 0.307 e. The van der Waals surface area contributed by atoms with Gasteiger partial charge in [0.05, 0.1) is 15.9 Å². The lowest BCUT2D eigenvalue weighted by molar-refractivity contribution is -0.390. The van der Waals surface area contributed by atoms with Gasteiger partial charge in [0.2, 0.25) is 5.82 Å². The molecule has 0 bridgehead atoms. The molecule has 0 saturated heterocycles. The average molecular weight is 243 g/mol. The van der Waals surface area contributed by atoms with Crippen molar-refractivity contribution in [3.05, 3.63) is 38.2 Å². The molecule has 0 atom stereocenters. The Hall–Kier alpha value is -2.25. The van der Waals surface area contributed by atoms with Crippen molar-refractivity contribution in [1.82, 2.24) is 0 Å². The van der Waals surface area contributed by atoms with Gasteiger partial charge in [0.1, 0.15) is 5.69 Å². The van der Waals surface area contributed by atoms with Gasteiger partial charge in [-0.15, -0.1) is 0 Å². The van der Waals surface area contributed by atoms with Gasteiger partial charge in [-0.25, -0.2) is 0 Å². The van der Waals surface area contributed by atoms with Gasteiger partial charge in [0, 0.05) is 12.6 Å². The summed E-state index contributed by atoms with van der Waals surface area (Å²) < 4.78 is 13.2. The highest BCUT2D eigenvalue weighted by atomic mass is 19.1. The van der Waals surface area contributed by atoms with Crippen molar-refractivity contribution in [1.29, 1.82) is 0 Å². The number of hydrogen-bond acceptors (Lipinski definition) is 5. The third-order valence-electron chi connectivity index (χ3n) is 2.02. The Kier molecular flexibility index (Phi) is 3.91. The Morgan fingerprint density at radius 3 is 2.29 bits per heavy atom. The zero-order valence-electron chi connectivity index (χ0n) is 8.97. The third kappa shape index (κ3) is 2.86. The molecule has 0 heterocycles. The standard InChI is InChI=1S/C9H10FN3O4/c1-2-3-11-7-5-8(12(14)15)6(10)4-9(7)13(16)17/h4-5,11H,2-3H2,1H3. The fourth-order valence-corrected chi connectivity index (χ4v) is 1.24. The summed E-state index contributed by atoms with van der Waals surface area (Å²) in [7, 11) is 0. The molecular weight excluding hydrogens is 233 g/mol. The van der Waals surface area contributed by atoms with E-state index in [4.69, 9.17) is 0 Å². The Balaban J connectivity index is 3.26. The first-order valence-electron chi connectivity index (χ1n) is 4.83. The minimum atomic E-state index is -1.22. The van der Waals surface area contributed by atoms with Crippen LogP contribution in [0.3, 0.4) is 0 Å². The zero-order chi connectivity index (χ0) is 13.0. The molecule has 0 aliphatic rings. The van der Waals surface area contributed by atoms with Crippen LogP contribution in [-0.4, -0.2) is 16.4 Å². The van der Waals surface area contributed by atoms with Gasteiger partial charge in [0.15, 0.2) is 0 Å². The van der Waals surface area contributed by atoms with Crippen LogP contribution in [0.2, 0.25) is 0 Å². The fourth-order valence-electron chi connectivity index (χ4n) is 1.24. The van der Waals surface area contributed by atoms with E-state index in [-0.39, 0.29) is 5.69 Å². The molecule has 0 amide bonds. The van der Waals surface area contributed by atoms with Gasteiger partial charge in [-0.2, -0.15) is 4.39 Å². The summed E-state index contributed by atoms with van der Waals surface area (Å²) in [6.45, 7) is 2.24. The molecule has 0 saturated carbocycles.